The van der Waals surface area contributed by atoms with Crippen molar-refractivity contribution in [2.75, 3.05) is 4.72 Å². The molecule has 100 valence electrons. The van der Waals surface area contributed by atoms with Gasteiger partial charge in [0.2, 0.25) is 0 Å². The zero-order valence-corrected chi connectivity index (χ0v) is 12.9. The number of benzene rings is 1. The van der Waals surface area contributed by atoms with E-state index in [0.717, 1.165) is 5.56 Å². The van der Waals surface area contributed by atoms with E-state index in [1.165, 1.54) is 0 Å². The van der Waals surface area contributed by atoms with Gasteiger partial charge in [0, 0.05) is 0 Å². The Morgan fingerprint density at radius 2 is 1.89 bits per heavy atom. The van der Waals surface area contributed by atoms with Crippen molar-refractivity contribution in [1.29, 1.82) is 0 Å². The summed E-state index contributed by atoms with van der Waals surface area (Å²) in [7, 11) is -3.58. The Kier molecular flexibility index (Phi) is 3.91. The third-order valence-electron chi connectivity index (χ3n) is 2.60. The summed E-state index contributed by atoms with van der Waals surface area (Å²) < 4.78 is 27.7. The Balaban J connectivity index is 2.36. The maximum absolute atomic E-state index is 12.2. The lowest BCUT2D eigenvalue weighted by Crippen LogP contribution is -2.14. The van der Waals surface area contributed by atoms with Gasteiger partial charge in [-0.2, -0.15) is 0 Å². The number of anilines is 1. The fourth-order valence-electron chi connectivity index (χ4n) is 1.62. The van der Waals surface area contributed by atoms with Crippen LogP contribution in [0.2, 0.25) is 0 Å². The summed E-state index contributed by atoms with van der Waals surface area (Å²) in [5, 5.41) is 0. The van der Waals surface area contributed by atoms with Gasteiger partial charge in [-0.15, -0.1) is 0 Å². The second kappa shape index (κ2) is 5.30. The number of hydrogen-bond donors (Lipinski definition) is 1. The van der Waals surface area contributed by atoms with Crippen molar-refractivity contribution in [2.24, 2.45) is 0 Å². The smallest absolute Gasteiger partial charge is 0.261 e. The molecule has 4 nitrogen and oxygen atoms in total. The number of hydrogen-bond acceptors (Lipinski definition) is 3. The first-order valence-electron chi connectivity index (χ1n) is 5.61. The summed E-state index contributed by atoms with van der Waals surface area (Å²) >= 11 is 3.24. The van der Waals surface area contributed by atoms with Crippen LogP contribution in [0.1, 0.15) is 11.3 Å². The van der Waals surface area contributed by atoms with E-state index in [9.17, 15) is 8.42 Å². The highest BCUT2D eigenvalue weighted by atomic mass is 79.9. The van der Waals surface area contributed by atoms with Crippen molar-refractivity contribution in [2.45, 2.75) is 18.7 Å². The molecule has 0 aliphatic rings. The first kappa shape index (κ1) is 14.0. The van der Waals surface area contributed by atoms with Gasteiger partial charge >= 0.3 is 0 Å². The Labute approximate surface area is 121 Å². The van der Waals surface area contributed by atoms with Gasteiger partial charge in [-0.3, -0.25) is 4.72 Å². The van der Waals surface area contributed by atoms with Gasteiger partial charge in [0.15, 0.2) is 0 Å². The molecule has 2 rings (SSSR count). The van der Waals surface area contributed by atoms with Crippen LogP contribution in [-0.4, -0.2) is 13.4 Å². The lowest BCUT2D eigenvalue weighted by atomic mass is 10.2. The van der Waals surface area contributed by atoms with Crippen molar-refractivity contribution in [3.05, 3.63) is 52.3 Å². The minimum atomic E-state index is -3.58. The molecule has 0 saturated heterocycles. The minimum Gasteiger partial charge on any atom is -0.278 e. The van der Waals surface area contributed by atoms with E-state index in [1.807, 2.05) is 13.0 Å². The summed E-state index contributed by atoms with van der Waals surface area (Å²) in [6.07, 6.45) is 0. The van der Waals surface area contributed by atoms with E-state index in [4.69, 9.17) is 0 Å². The number of nitrogens with zero attached hydrogens (tertiary/aromatic N) is 1. The van der Waals surface area contributed by atoms with Gasteiger partial charge in [0.05, 0.1) is 16.3 Å². The minimum absolute atomic E-state index is 0.245. The number of pyridine rings is 1. The van der Waals surface area contributed by atoms with Gasteiger partial charge in [0.1, 0.15) is 4.60 Å². The van der Waals surface area contributed by atoms with E-state index < -0.39 is 10.0 Å². The number of rotatable bonds is 3. The fraction of sp³-hybridized carbons (Fsp3) is 0.154. The first-order chi connectivity index (χ1) is 8.88. The van der Waals surface area contributed by atoms with Crippen LogP contribution in [0.25, 0.3) is 0 Å². The molecule has 1 N–H and O–H groups in total. The second-order valence-corrected chi connectivity index (χ2v) is 6.68. The largest absolute Gasteiger partial charge is 0.278 e. The van der Waals surface area contributed by atoms with Gasteiger partial charge in [-0.05, 0) is 59.6 Å². The van der Waals surface area contributed by atoms with E-state index in [0.29, 0.717) is 16.0 Å². The van der Waals surface area contributed by atoms with Crippen LogP contribution >= 0.6 is 15.9 Å². The van der Waals surface area contributed by atoms with Gasteiger partial charge in [-0.1, -0.05) is 12.1 Å². The van der Waals surface area contributed by atoms with Crippen LogP contribution in [0.3, 0.4) is 0 Å². The standard InChI is InChI=1S/C13H13BrN2O2S/c1-9-4-3-5-11(8-9)19(17,18)16-12-6-7-13(14)15-10(12)2/h3-8,16H,1-2H3. The molecule has 0 spiro atoms. The SMILES string of the molecule is Cc1cccc(S(=O)(=O)Nc2ccc(Br)nc2C)c1. The van der Waals surface area contributed by atoms with Crippen LogP contribution in [0.5, 0.6) is 0 Å². The van der Waals surface area contributed by atoms with Gasteiger partial charge in [-0.25, -0.2) is 13.4 Å². The summed E-state index contributed by atoms with van der Waals surface area (Å²) in [6.45, 7) is 3.60. The number of nitrogens with one attached hydrogen (secondary N) is 1. The molecule has 0 radical (unpaired) electrons. The molecule has 0 amide bonds. The zero-order chi connectivity index (χ0) is 14.0. The molecule has 0 aliphatic heterocycles. The maximum Gasteiger partial charge on any atom is 0.261 e. The second-order valence-electron chi connectivity index (χ2n) is 4.19. The fourth-order valence-corrected chi connectivity index (χ4v) is 3.24. The highest BCUT2D eigenvalue weighted by molar-refractivity contribution is 9.10. The van der Waals surface area contributed by atoms with E-state index in [1.54, 1.807) is 37.3 Å². The third-order valence-corrected chi connectivity index (χ3v) is 4.40. The molecule has 0 unspecified atom stereocenters. The molecule has 0 aliphatic carbocycles. The third kappa shape index (κ3) is 3.33. The molecule has 0 atom stereocenters. The molecular formula is C13H13BrN2O2S. The molecule has 2 aromatic rings. The number of aryl methyl sites for hydroxylation is 2. The summed E-state index contributed by atoms with van der Waals surface area (Å²) in [4.78, 5) is 4.40. The van der Waals surface area contributed by atoms with Crippen molar-refractivity contribution >= 4 is 31.6 Å². The maximum atomic E-state index is 12.2. The Bertz CT molecular complexity index is 714. The van der Waals surface area contributed by atoms with Crippen LogP contribution in [0.4, 0.5) is 5.69 Å². The average molecular weight is 341 g/mol. The molecule has 6 heteroatoms. The molecule has 0 bridgehead atoms. The lowest BCUT2D eigenvalue weighted by molar-refractivity contribution is 0.601. The molecule has 0 fully saturated rings. The van der Waals surface area contributed by atoms with Crippen LogP contribution in [0, 0.1) is 13.8 Å². The predicted octanol–water partition coefficient (Wildman–Crippen LogP) is 3.26. The predicted molar refractivity (Wildman–Crippen MR) is 78.7 cm³/mol. The number of sulfonamides is 1. The molecular weight excluding hydrogens is 328 g/mol. The summed E-state index contributed by atoms with van der Waals surface area (Å²) in [5.41, 5.74) is 1.99. The van der Waals surface area contributed by atoms with Crippen molar-refractivity contribution in [1.82, 2.24) is 4.98 Å². The monoisotopic (exact) mass is 340 g/mol. The number of halogens is 1. The average Bonchev–Trinajstić information content (AvgIpc) is 2.33. The van der Waals surface area contributed by atoms with E-state index in [2.05, 4.69) is 25.6 Å². The lowest BCUT2D eigenvalue weighted by Gasteiger charge is -2.10. The van der Waals surface area contributed by atoms with Gasteiger partial charge in [0.25, 0.3) is 10.0 Å². The Hall–Kier alpha value is -1.40. The molecule has 1 aromatic carbocycles. The normalized spacial score (nSPS) is 11.3. The Morgan fingerprint density at radius 1 is 1.16 bits per heavy atom. The van der Waals surface area contributed by atoms with Gasteiger partial charge < -0.3 is 0 Å². The number of aromatic nitrogens is 1. The van der Waals surface area contributed by atoms with E-state index in [-0.39, 0.29) is 4.90 Å². The molecule has 1 aromatic heterocycles. The summed E-state index contributed by atoms with van der Waals surface area (Å²) in [5.74, 6) is 0. The Morgan fingerprint density at radius 3 is 2.53 bits per heavy atom. The van der Waals surface area contributed by atoms with Crippen LogP contribution in [0.15, 0.2) is 45.9 Å². The molecule has 19 heavy (non-hydrogen) atoms. The van der Waals surface area contributed by atoms with Crippen LogP contribution in [-0.2, 0) is 10.0 Å². The zero-order valence-electron chi connectivity index (χ0n) is 10.5. The quantitative estimate of drug-likeness (QED) is 0.872. The first-order valence-corrected chi connectivity index (χ1v) is 7.89. The van der Waals surface area contributed by atoms with E-state index >= 15 is 0 Å². The molecule has 0 saturated carbocycles. The summed E-state index contributed by atoms with van der Waals surface area (Å²) in [6, 6.07) is 10.1. The van der Waals surface area contributed by atoms with Crippen LogP contribution < -0.4 is 4.72 Å². The topological polar surface area (TPSA) is 59.1 Å². The van der Waals surface area contributed by atoms with Crippen molar-refractivity contribution in [3.8, 4) is 0 Å². The highest BCUT2D eigenvalue weighted by Gasteiger charge is 2.15. The van der Waals surface area contributed by atoms with Crippen molar-refractivity contribution < 1.29 is 8.42 Å². The molecule has 1 heterocycles. The van der Waals surface area contributed by atoms with Crippen molar-refractivity contribution in [3.63, 3.8) is 0 Å². The highest BCUT2D eigenvalue weighted by Crippen LogP contribution is 2.20.